The van der Waals surface area contributed by atoms with Crippen molar-refractivity contribution in [1.82, 2.24) is 20.0 Å². The van der Waals surface area contributed by atoms with E-state index in [-0.39, 0.29) is 11.9 Å². The molecule has 0 aliphatic heterocycles. The molecule has 0 aliphatic carbocycles. The number of nitrogens with one attached hydrogen (secondary N) is 2. The van der Waals surface area contributed by atoms with Gasteiger partial charge in [0.2, 0.25) is 5.91 Å². The van der Waals surface area contributed by atoms with Crippen LogP contribution in [-0.4, -0.2) is 25.9 Å². The first-order valence-corrected chi connectivity index (χ1v) is 5.54. The molecule has 0 aromatic carbocycles. The van der Waals surface area contributed by atoms with Gasteiger partial charge in [0.05, 0.1) is 6.20 Å². The maximum atomic E-state index is 12.0. The van der Waals surface area contributed by atoms with Gasteiger partial charge in [-0.05, 0) is 19.4 Å². The average Bonchev–Trinajstić information content (AvgIpc) is 2.98. The van der Waals surface area contributed by atoms with Gasteiger partial charge in [0.25, 0.3) is 0 Å². The lowest BCUT2D eigenvalue weighted by atomic mass is 10.2. The predicted octanol–water partition coefficient (Wildman–Crippen LogP) is 1.37. The van der Waals surface area contributed by atoms with Gasteiger partial charge in [0, 0.05) is 18.0 Å². The molecule has 6 nitrogen and oxygen atoms in total. The molecule has 0 radical (unpaired) electrons. The first-order chi connectivity index (χ1) is 8.22. The van der Waals surface area contributed by atoms with Crippen molar-refractivity contribution in [1.29, 1.82) is 0 Å². The van der Waals surface area contributed by atoms with Crippen LogP contribution < -0.4 is 5.32 Å². The standard InChI is InChI=1S/C11H15N5O/c1-3-9-7-12-15-10(9)14-11(17)8(2)16-6-4-5-13-16/h4-8H,3H2,1-2H3,(H2,12,14,15,17). The number of H-pyrrole nitrogens is 1. The number of aromatic nitrogens is 4. The summed E-state index contributed by atoms with van der Waals surface area (Å²) in [6, 6.07) is 1.44. The normalized spacial score (nSPS) is 12.4. The molecule has 0 aliphatic rings. The highest BCUT2D eigenvalue weighted by molar-refractivity contribution is 5.93. The molecule has 1 unspecified atom stereocenters. The van der Waals surface area contributed by atoms with E-state index in [2.05, 4.69) is 20.6 Å². The van der Waals surface area contributed by atoms with E-state index in [1.165, 1.54) is 0 Å². The first kappa shape index (κ1) is 11.4. The third kappa shape index (κ3) is 2.35. The van der Waals surface area contributed by atoms with Crippen LogP contribution in [0.2, 0.25) is 0 Å². The summed E-state index contributed by atoms with van der Waals surface area (Å²) in [5.41, 5.74) is 0.992. The maximum Gasteiger partial charge on any atom is 0.250 e. The van der Waals surface area contributed by atoms with E-state index >= 15 is 0 Å². The van der Waals surface area contributed by atoms with E-state index < -0.39 is 0 Å². The monoisotopic (exact) mass is 233 g/mol. The van der Waals surface area contributed by atoms with Gasteiger partial charge in [0.15, 0.2) is 0 Å². The molecule has 1 amide bonds. The molecule has 0 saturated carbocycles. The van der Waals surface area contributed by atoms with Gasteiger partial charge in [-0.15, -0.1) is 0 Å². The van der Waals surface area contributed by atoms with Crippen molar-refractivity contribution in [2.45, 2.75) is 26.3 Å². The molecule has 1 atom stereocenters. The van der Waals surface area contributed by atoms with Crippen molar-refractivity contribution in [2.75, 3.05) is 5.32 Å². The van der Waals surface area contributed by atoms with Gasteiger partial charge < -0.3 is 5.32 Å². The fourth-order valence-electron chi connectivity index (χ4n) is 1.54. The van der Waals surface area contributed by atoms with Gasteiger partial charge in [-0.1, -0.05) is 6.92 Å². The van der Waals surface area contributed by atoms with E-state index in [9.17, 15) is 4.79 Å². The second kappa shape index (κ2) is 4.82. The number of aromatic amines is 1. The van der Waals surface area contributed by atoms with Crippen LogP contribution in [0.15, 0.2) is 24.7 Å². The molecule has 0 fully saturated rings. The van der Waals surface area contributed by atoms with Crippen molar-refractivity contribution >= 4 is 11.7 Å². The fraction of sp³-hybridized carbons (Fsp3) is 0.364. The first-order valence-electron chi connectivity index (χ1n) is 5.54. The summed E-state index contributed by atoms with van der Waals surface area (Å²) >= 11 is 0. The molecule has 17 heavy (non-hydrogen) atoms. The summed E-state index contributed by atoms with van der Waals surface area (Å²) in [4.78, 5) is 12.0. The van der Waals surface area contributed by atoms with Crippen LogP contribution >= 0.6 is 0 Å². The zero-order valence-electron chi connectivity index (χ0n) is 9.84. The number of rotatable bonds is 4. The third-order valence-electron chi connectivity index (χ3n) is 2.65. The van der Waals surface area contributed by atoms with Crippen molar-refractivity contribution in [3.63, 3.8) is 0 Å². The molecule has 2 rings (SSSR count). The highest BCUT2D eigenvalue weighted by Gasteiger charge is 2.16. The van der Waals surface area contributed by atoms with Crippen molar-refractivity contribution in [3.8, 4) is 0 Å². The lowest BCUT2D eigenvalue weighted by Crippen LogP contribution is -2.24. The Morgan fingerprint density at radius 2 is 2.47 bits per heavy atom. The molecule has 2 heterocycles. The molecular weight excluding hydrogens is 218 g/mol. The molecule has 0 saturated heterocycles. The van der Waals surface area contributed by atoms with Gasteiger partial charge in [-0.25, -0.2) is 0 Å². The highest BCUT2D eigenvalue weighted by Crippen LogP contribution is 2.13. The zero-order valence-corrected chi connectivity index (χ0v) is 9.84. The second-order valence-electron chi connectivity index (χ2n) is 3.78. The predicted molar refractivity (Wildman–Crippen MR) is 63.5 cm³/mol. The summed E-state index contributed by atoms with van der Waals surface area (Å²) in [6.07, 6.45) is 5.95. The molecule has 0 bridgehead atoms. The Labute approximate surface area is 99.0 Å². The largest absolute Gasteiger partial charge is 0.309 e. The topological polar surface area (TPSA) is 75.6 Å². The highest BCUT2D eigenvalue weighted by atomic mass is 16.2. The van der Waals surface area contributed by atoms with Crippen LogP contribution in [0.5, 0.6) is 0 Å². The number of anilines is 1. The van der Waals surface area contributed by atoms with E-state index in [1.54, 1.807) is 36.3 Å². The number of nitrogens with zero attached hydrogens (tertiary/aromatic N) is 3. The Hall–Kier alpha value is -2.11. The molecule has 90 valence electrons. The Morgan fingerprint density at radius 1 is 1.65 bits per heavy atom. The van der Waals surface area contributed by atoms with Crippen LogP contribution in [0.3, 0.4) is 0 Å². The van der Waals surface area contributed by atoms with E-state index in [4.69, 9.17) is 0 Å². The third-order valence-corrected chi connectivity index (χ3v) is 2.65. The van der Waals surface area contributed by atoms with Crippen LogP contribution in [-0.2, 0) is 11.2 Å². The minimum Gasteiger partial charge on any atom is -0.309 e. The second-order valence-corrected chi connectivity index (χ2v) is 3.78. The summed E-state index contributed by atoms with van der Waals surface area (Å²) in [5, 5.41) is 13.5. The van der Waals surface area contributed by atoms with E-state index in [1.807, 2.05) is 6.92 Å². The molecule has 2 N–H and O–H groups in total. The van der Waals surface area contributed by atoms with E-state index in [0.29, 0.717) is 5.82 Å². The average molecular weight is 233 g/mol. The number of aryl methyl sites for hydroxylation is 1. The Bertz CT molecular complexity index is 488. The van der Waals surface area contributed by atoms with Crippen molar-refractivity contribution in [2.24, 2.45) is 0 Å². The SMILES string of the molecule is CCc1cn[nH]c1NC(=O)C(C)n1cccn1. The fourth-order valence-corrected chi connectivity index (χ4v) is 1.54. The van der Waals surface area contributed by atoms with Crippen molar-refractivity contribution < 1.29 is 4.79 Å². The number of carbonyl (C=O) groups excluding carboxylic acids is 1. The Balaban J connectivity index is 2.07. The Kier molecular flexibility index (Phi) is 3.22. The quantitative estimate of drug-likeness (QED) is 0.837. The van der Waals surface area contributed by atoms with Crippen molar-refractivity contribution in [3.05, 3.63) is 30.2 Å². The lowest BCUT2D eigenvalue weighted by molar-refractivity contribution is -0.119. The number of amides is 1. The Morgan fingerprint density at radius 3 is 3.12 bits per heavy atom. The molecular formula is C11H15N5O. The minimum absolute atomic E-state index is 0.118. The molecule has 2 aromatic heterocycles. The van der Waals surface area contributed by atoms with Gasteiger partial charge >= 0.3 is 0 Å². The lowest BCUT2D eigenvalue weighted by Gasteiger charge is -2.12. The summed E-state index contributed by atoms with van der Waals surface area (Å²) in [6.45, 7) is 3.81. The van der Waals surface area contributed by atoms with Crippen LogP contribution in [0.25, 0.3) is 0 Å². The minimum atomic E-state index is -0.349. The van der Waals surface area contributed by atoms with E-state index in [0.717, 1.165) is 12.0 Å². The number of hydrogen-bond donors (Lipinski definition) is 2. The van der Waals surface area contributed by atoms with Gasteiger partial charge in [0.1, 0.15) is 11.9 Å². The van der Waals surface area contributed by atoms with Crippen LogP contribution in [0, 0.1) is 0 Å². The molecule has 0 spiro atoms. The maximum absolute atomic E-state index is 12.0. The smallest absolute Gasteiger partial charge is 0.250 e. The van der Waals surface area contributed by atoms with Crippen LogP contribution in [0.1, 0.15) is 25.5 Å². The zero-order chi connectivity index (χ0) is 12.3. The van der Waals surface area contributed by atoms with Gasteiger partial charge in [-0.3, -0.25) is 14.6 Å². The van der Waals surface area contributed by atoms with Gasteiger partial charge in [-0.2, -0.15) is 10.2 Å². The molecule has 2 aromatic rings. The summed E-state index contributed by atoms with van der Waals surface area (Å²) in [7, 11) is 0. The summed E-state index contributed by atoms with van der Waals surface area (Å²) in [5.74, 6) is 0.546. The van der Waals surface area contributed by atoms with Crippen LogP contribution in [0.4, 0.5) is 5.82 Å². The summed E-state index contributed by atoms with van der Waals surface area (Å²) < 4.78 is 1.61. The number of carbonyl (C=O) groups is 1. The number of hydrogen-bond acceptors (Lipinski definition) is 3. The molecule has 6 heteroatoms.